The van der Waals surface area contributed by atoms with Crippen molar-refractivity contribution in [3.8, 4) is 0 Å². The lowest BCUT2D eigenvalue weighted by Crippen LogP contribution is -2.08. The molecule has 2 heteroatoms. The van der Waals surface area contributed by atoms with Crippen molar-refractivity contribution in [2.45, 2.75) is 76.0 Å². The maximum Gasteiger partial charge on any atom is -0.0235 e. The lowest BCUT2D eigenvalue weighted by Gasteiger charge is -2.26. The van der Waals surface area contributed by atoms with E-state index in [4.69, 9.17) is 0 Å². The molecule has 2 rings (SSSR count). The van der Waals surface area contributed by atoms with E-state index in [0.29, 0.717) is 15.8 Å². The molecule has 4 unspecified atom stereocenters. The Hall–Kier alpha value is 0.860. The van der Waals surface area contributed by atoms with Crippen molar-refractivity contribution in [2.75, 3.05) is 12.3 Å². The minimum Gasteiger partial charge on any atom is -0.101 e. The normalized spacial score (nSPS) is 48.8. The summed E-state index contributed by atoms with van der Waals surface area (Å²) in [7, 11) is 0.789. The Labute approximate surface area is 104 Å². The minimum absolute atomic E-state index is 0.394. The molecule has 0 bridgehead atoms. The molecule has 0 saturated carbocycles. The third-order valence-electron chi connectivity index (χ3n) is 4.89. The van der Waals surface area contributed by atoms with Gasteiger partial charge in [-0.05, 0) is 60.6 Å². The van der Waals surface area contributed by atoms with Crippen LogP contribution in [0, 0.1) is 0 Å². The number of rotatable bonds is 3. The highest BCUT2D eigenvalue weighted by atomic mass is 31.1. The zero-order chi connectivity index (χ0) is 11.7. The van der Waals surface area contributed by atoms with Crippen LogP contribution in [0.15, 0.2) is 0 Å². The van der Waals surface area contributed by atoms with Gasteiger partial charge in [-0.3, -0.25) is 0 Å². The zero-order valence-corrected chi connectivity index (χ0v) is 13.2. The molecule has 0 aromatic carbocycles. The maximum absolute atomic E-state index is 2.52. The summed E-state index contributed by atoms with van der Waals surface area (Å²) in [6.45, 7) is 10.1. The van der Waals surface area contributed by atoms with Crippen LogP contribution in [0.1, 0.15) is 53.4 Å². The predicted molar refractivity (Wildman–Crippen MR) is 79.9 cm³/mol. The Kier molecular flexibility index (Phi) is 4.71. The monoisotopic (exact) mass is 258 g/mol. The maximum atomic E-state index is 2.52. The van der Waals surface area contributed by atoms with Crippen molar-refractivity contribution >= 4 is 15.8 Å². The van der Waals surface area contributed by atoms with Crippen LogP contribution in [-0.2, 0) is 0 Å². The Morgan fingerprint density at radius 1 is 0.625 bits per heavy atom. The van der Waals surface area contributed by atoms with Crippen molar-refractivity contribution in [1.82, 2.24) is 0 Å². The van der Waals surface area contributed by atoms with Crippen LogP contribution < -0.4 is 0 Å². The predicted octanol–water partition coefficient (Wildman–Crippen LogP) is 5.09. The lowest BCUT2D eigenvalue weighted by atomic mass is 10.2. The highest BCUT2D eigenvalue weighted by molar-refractivity contribution is 7.63. The summed E-state index contributed by atoms with van der Waals surface area (Å²) in [5.41, 5.74) is 4.31. The summed E-state index contributed by atoms with van der Waals surface area (Å²) < 4.78 is 0. The SMILES string of the molecule is CC1CC[C@@H](C)P1CCP1C(C)CC[C@H]1C. The van der Waals surface area contributed by atoms with Gasteiger partial charge in [0.15, 0.2) is 0 Å². The van der Waals surface area contributed by atoms with E-state index in [-0.39, 0.29) is 0 Å². The van der Waals surface area contributed by atoms with Gasteiger partial charge in [0, 0.05) is 0 Å². The zero-order valence-electron chi connectivity index (χ0n) is 11.4. The fraction of sp³-hybridized carbons (Fsp3) is 1.00. The molecule has 2 aliphatic heterocycles. The second-order valence-corrected chi connectivity index (χ2v) is 12.5. The molecular weight excluding hydrogens is 230 g/mol. The van der Waals surface area contributed by atoms with Crippen LogP contribution in [0.2, 0.25) is 0 Å². The molecule has 0 radical (unpaired) electrons. The Balaban J connectivity index is 1.82. The van der Waals surface area contributed by atoms with Crippen LogP contribution in [0.3, 0.4) is 0 Å². The second kappa shape index (κ2) is 5.67. The van der Waals surface area contributed by atoms with E-state index < -0.39 is 0 Å². The smallest absolute Gasteiger partial charge is 0.0235 e. The molecule has 0 spiro atoms. The molecule has 2 aliphatic rings. The molecule has 0 aliphatic carbocycles. The van der Waals surface area contributed by atoms with Crippen molar-refractivity contribution in [2.24, 2.45) is 0 Å². The highest BCUT2D eigenvalue weighted by Crippen LogP contribution is 2.60. The second-order valence-electron chi connectivity index (χ2n) is 6.03. The molecule has 0 nitrogen and oxygen atoms in total. The fourth-order valence-electron chi connectivity index (χ4n) is 3.61. The van der Waals surface area contributed by atoms with Crippen LogP contribution in [0.5, 0.6) is 0 Å². The van der Waals surface area contributed by atoms with Gasteiger partial charge in [-0.1, -0.05) is 27.7 Å². The Bertz CT molecular complexity index is 185. The van der Waals surface area contributed by atoms with E-state index in [9.17, 15) is 0 Å². The van der Waals surface area contributed by atoms with Crippen LogP contribution in [0.25, 0.3) is 0 Å². The standard InChI is InChI=1S/C14H28P2/c1-11-5-6-12(2)15(11)9-10-16-13(3)7-8-14(16)4/h11-14H,5-10H2,1-4H3/t11-,12?,13-,14?,15?,16?/m1/s1. The van der Waals surface area contributed by atoms with Gasteiger partial charge >= 0.3 is 0 Å². The molecular formula is C14H28P2. The van der Waals surface area contributed by atoms with Crippen LogP contribution >= 0.6 is 15.8 Å². The first kappa shape index (κ1) is 13.3. The molecule has 0 aromatic rings. The van der Waals surface area contributed by atoms with E-state index >= 15 is 0 Å². The van der Waals surface area contributed by atoms with Gasteiger partial charge in [-0.2, -0.15) is 0 Å². The average molecular weight is 258 g/mol. The third kappa shape index (κ3) is 2.81. The molecule has 0 amide bonds. The molecule has 16 heavy (non-hydrogen) atoms. The van der Waals surface area contributed by atoms with E-state index in [1.54, 1.807) is 12.3 Å². The van der Waals surface area contributed by atoms with E-state index in [1.165, 1.54) is 25.7 Å². The van der Waals surface area contributed by atoms with E-state index in [0.717, 1.165) is 22.6 Å². The summed E-state index contributed by atoms with van der Waals surface area (Å²) in [4.78, 5) is 0. The van der Waals surface area contributed by atoms with Gasteiger partial charge in [0.25, 0.3) is 0 Å². The quantitative estimate of drug-likeness (QED) is 0.618. The molecule has 2 saturated heterocycles. The topological polar surface area (TPSA) is 0 Å². The van der Waals surface area contributed by atoms with Gasteiger partial charge in [0.05, 0.1) is 0 Å². The van der Waals surface area contributed by atoms with Crippen molar-refractivity contribution in [3.63, 3.8) is 0 Å². The molecule has 94 valence electrons. The van der Waals surface area contributed by atoms with Crippen molar-refractivity contribution < 1.29 is 0 Å². The first-order chi connectivity index (χ1) is 7.59. The molecule has 0 aromatic heterocycles. The largest absolute Gasteiger partial charge is 0.101 e. The lowest BCUT2D eigenvalue weighted by molar-refractivity contribution is 0.777. The average Bonchev–Trinajstić information content (AvgIpc) is 2.72. The number of hydrogen-bond acceptors (Lipinski definition) is 0. The fourth-order valence-corrected chi connectivity index (χ4v) is 10.9. The highest BCUT2D eigenvalue weighted by Gasteiger charge is 2.33. The first-order valence-corrected chi connectivity index (χ1v) is 10.4. The van der Waals surface area contributed by atoms with E-state index in [1.807, 2.05) is 0 Å². The van der Waals surface area contributed by atoms with Crippen LogP contribution in [0.4, 0.5) is 0 Å². The Morgan fingerprint density at radius 3 is 1.12 bits per heavy atom. The van der Waals surface area contributed by atoms with E-state index in [2.05, 4.69) is 27.7 Å². The summed E-state index contributed by atoms with van der Waals surface area (Å²) in [6, 6.07) is 0. The summed E-state index contributed by atoms with van der Waals surface area (Å²) in [6.07, 6.45) is 9.31. The van der Waals surface area contributed by atoms with Crippen LogP contribution in [-0.4, -0.2) is 35.0 Å². The van der Waals surface area contributed by atoms with Gasteiger partial charge in [-0.15, -0.1) is 15.8 Å². The van der Waals surface area contributed by atoms with Crippen molar-refractivity contribution in [3.05, 3.63) is 0 Å². The van der Waals surface area contributed by atoms with Gasteiger partial charge in [0.1, 0.15) is 0 Å². The molecule has 2 heterocycles. The molecule has 2 fully saturated rings. The van der Waals surface area contributed by atoms with Gasteiger partial charge < -0.3 is 0 Å². The first-order valence-electron chi connectivity index (χ1n) is 7.11. The molecule has 6 atom stereocenters. The minimum atomic E-state index is 0.394. The van der Waals surface area contributed by atoms with Gasteiger partial charge in [0.2, 0.25) is 0 Å². The molecule has 0 N–H and O–H groups in total. The van der Waals surface area contributed by atoms with Gasteiger partial charge in [-0.25, -0.2) is 0 Å². The van der Waals surface area contributed by atoms with Crippen molar-refractivity contribution in [1.29, 1.82) is 0 Å². The number of hydrogen-bond donors (Lipinski definition) is 0. The summed E-state index contributed by atoms with van der Waals surface area (Å²) >= 11 is 0. The third-order valence-corrected chi connectivity index (χ3v) is 12.3. The Morgan fingerprint density at radius 2 is 0.875 bits per heavy atom. The summed E-state index contributed by atoms with van der Waals surface area (Å²) in [5, 5.41) is 0. The summed E-state index contributed by atoms with van der Waals surface area (Å²) in [5.74, 6) is 0.